The van der Waals surface area contributed by atoms with Gasteiger partial charge in [-0.2, -0.15) is 0 Å². The van der Waals surface area contributed by atoms with Gasteiger partial charge in [-0.15, -0.1) is 0 Å². The average Bonchev–Trinajstić information content (AvgIpc) is 3.05. The van der Waals surface area contributed by atoms with Crippen LogP contribution in [0.15, 0.2) is 71.1 Å². The predicted molar refractivity (Wildman–Crippen MR) is 98.5 cm³/mol. The summed E-state index contributed by atoms with van der Waals surface area (Å²) in [5.74, 6) is -0.289. The summed E-state index contributed by atoms with van der Waals surface area (Å²) in [6.45, 7) is 2.00. The number of carbonyl (C=O) groups excluding carboxylic acids is 1. The number of hydrogen-bond donors (Lipinski definition) is 1. The largest absolute Gasteiger partial charge is 0.436 e. The summed E-state index contributed by atoms with van der Waals surface area (Å²) in [6, 6.07) is 18.6. The van der Waals surface area contributed by atoms with Crippen LogP contribution in [0.3, 0.4) is 0 Å². The Morgan fingerprint density at radius 1 is 1.04 bits per heavy atom. The molecule has 4 nitrogen and oxygen atoms in total. The van der Waals surface area contributed by atoms with Crippen molar-refractivity contribution in [1.29, 1.82) is 0 Å². The van der Waals surface area contributed by atoms with Crippen LogP contribution < -0.4 is 5.32 Å². The highest BCUT2D eigenvalue weighted by atomic mass is 19.1. The number of aromatic nitrogens is 1. The van der Waals surface area contributed by atoms with Gasteiger partial charge in [-0.25, -0.2) is 9.37 Å². The molecule has 26 heavy (non-hydrogen) atoms. The summed E-state index contributed by atoms with van der Waals surface area (Å²) in [7, 11) is 0. The van der Waals surface area contributed by atoms with Gasteiger partial charge in [-0.05, 0) is 67.1 Å². The number of carbonyl (C=O) groups is 1. The van der Waals surface area contributed by atoms with E-state index < -0.39 is 5.82 Å². The highest BCUT2D eigenvalue weighted by molar-refractivity contribution is 6.04. The molecular formula is C21H15FN2O2. The van der Waals surface area contributed by atoms with Crippen molar-refractivity contribution in [2.24, 2.45) is 0 Å². The topological polar surface area (TPSA) is 55.1 Å². The highest BCUT2D eigenvalue weighted by Crippen LogP contribution is 2.26. The van der Waals surface area contributed by atoms with E-state index in [4.69, 9.17) is 4.42 Å². The van der Waals surface area contributed by atoms with E-state index in [0.29, 0.717) is 11.6 Å². The first-order valence-corrected chi connectivity index (χ1v) is 8.13. The van der Waals surface area contributed by atoms with Gasteiger partial charge in [0.1, 0.15) is 11.3 Å². The maximum Gasteiger partial charge on any atom is 0.255 e. The van der Waals surface area contributed by atoms with Crippen LogP contribution in [0.25, 0.3) is 22.6 Å². The van der Waals surface area contributed by atoms with Gasteiger partial charge < -0.3 is 9.73 Å². The molecule has 0 atom stereocenters. The van der Waals surface area contributed by atoms with Crippen molar-refractivity contribution in [3.63, 3.8) is 0 Å². The van der Waals surface area contributed by atoms with Crippen LogP contribution >= 0.6 is 0 Å². The first-order valence-electron chi connectivity index (χ1n) is 8.13. The molecule has 0 aliphatic rings. The van der Waals surface area contributed by atoms with Gasteiger partial charge in [-0.3, -0.25) is 4.79 Å². The first kappa shape index (κ1) is 16.0. The Hall–Kier alpha value is -3.47. The molecule has 3 aromatic carbocycles. The van der Waals surface area contributed by atoms with Crippen molar-refractivity contribution < 1.29 is 13.6 Å². The van der Waals surface area contributed by atoms with E-state index in [1.165, 1.54) is 18.2 Å². The van der Waals surface area contributed by atoms with Gasteiger partial charge >= 0.3 is 0 Å². The second-order valence-electron chi connectivity index (χ2n) is 6.03. The van der Waals surface area contributed by atoms with Gasteiger partial charge in [0, 0.05) is 16.8 Å². The van der Waals surface area contributed by atoms with E-state index in [1.54, 1.807) is 18.2 Å². The molecule has 0 aliphatic carbocycles. The molecule has 4 aromatic rings. The summed E-state index contributed by atoms with van der Waals surface area (Å²) < 4.78 is 19.0. The lowest BCUT2D eigenvalue weighted by Crippen LogP contribution is -2.11. The molecular weight excluding hydrogens is 331 g/mol. The Morgan fingerprint density at radius 3 is 2.62 bits per heavy atom. The van der Waals surface area contributed by atoms with Crippen LogP contribution in [-0.2, 0) is 0 Å². The van der Waals surface area contributed by atoms with E-state index in [0.717, 1.165) is 22.2 Å². The number of hydrogen-bond acceptors (Lipinski definition) is 3. The third-order valence-corrected chi connectivity index (χ3v) is 4.02. The third kappa shape index (κ3) is 3.19. The summed E-state index contributed by atoms with van der Waals surface area (Å²) in [4.78, 5) is 16.7. The zero-order valence-corrected chi connectivity index (χ0v) is 14.0. The van der Waals surface area contributed by atoms with Gasteiger partial charge in [0.05, 0.1) is 0 Å². The molecule has 0 saturated heterocycles. The number of halogens is 1. The molecule has 5 heteroatoms. The van der Waals surface area contributed by atoms with Crippen LogP contribution in [0.4, 0.5) is 10.1 Å². The monoisotopic (exact) mass is 346 g/mol. The lowest BCUT2D eigenvalue weighted by molar-refractivity contribution is 0.102. The minimum absolute atomic E-state index is 0.267. The fourth-order valence-corrected chi connectivity index (χ4v) is 2.69. The Morgan fingerprint density at radius 2 is 1.85 bits per heavy atom. The first-order chi connectivity index (χ1) is 12.6. The molecule has 0 fully saturated rings. The average molecular weight is 346 g/mol. The minimum atomic E-state index is -0.445. The molecule has 1 amide bonds. The highest BCUT2D eigenvalue weighted by Gasteiger charge is 2.10. The molecule has 1 heterocycles. The Labute approximate surface area is 149 Å². The second kappa shape index (κ2) is 6.44. The van der Waals surface area contributed by atoms with Gasteiger partial charge in [0.15, 0.2) is 5.58 Å². The van der Waals surface area contributed by atoms with Crippen LogP contribution in [0.2, 0.25) is 0 Å². The number of oxazole rings is 1. The normalized spacial score (nSPS) is 10.8. The lowest BCUT2D eigenvalue weighted by atomic mass is 10.1. The van der Waals surface area contributed by atoms with Crippen LogP contribution in [0.5, 0.6) is 0 Å². The van der Waals surface area contributed by atoms with E-state index in [1.807, 2.05) is 37.3 Å². The number of rotatable bonds is 3. The number of nitrogens with zero attached hydrogens (tertiary/aromatic N) is 1. The van der Waals surface area contributed by atoms with Gasteiger partial charge in [0.2, 0.25) is 5.89 Å². The molecule has 1 N–H and O–H groups in total. The van der Waals surface area contributed by atoms with Crippen molar-refractivity contribution in [3.05, 3.63) is 83.7 Å². The zero-order chi connectivity index (χ0) is 18.1. The summed E-state index contributed by atoms with van der Waals surface area (Å²) in [6.07, 6.45) is 0. The molecule has 0 bridgehead atoms. The van der Waals surface area contributed by atoms with E-state index in [-0.39, 0.29) is 11.5 Å². The molecule has 0 unspecified atom stereocenters. The Kier molecular flexibility index (Phi) is 3.97. The minimum Gasteiger partial charge on any atom is -0.436 e. The number of benzene rings is 3. The maximum atomic E-state index is 13.2. The molecule has 0 aliphatic heterocycles. The Balaban J connectivity index is 1.55. The summed E-state index contributed by atoms with van der Waals surface area (Å²) >= 11 is 0. The van der Waals surface area contributed by atoms with E-state index in [2.05, 4.69) is 10.3 Å². The molecule has 128 valence electrons. The second-order valence-corrected chi connectivity index (χ2v) is 6.03. The third-order valence-electron chi connectivity index (χ3n) is 4.02. The van der Waals surface area contributed by atoms with Crippen molar-refractivity contribution in [1.82, 2.24) is 4.98 Å². The van der Waals surface area contributed by atoms with Crippen molar-refractivity contribution >= 4 is 22.7 Å². The maximum absolute atomic E-state index is 13.2. The number of aryl methyl sites for hydroxylation is 1. The summed E-state index contributed by atoms with van der Waals surface area (Å²) in [5.41, 5.74) is 4.34. The fourth-order valence-electron chi connectivity index (χ4n) is 2.69. The fraction of sp³-hybridized carbons (Fsp3) is 0.0476. The van der Waals surface area contributed by atoms with E-state index >= 15 is 0 Å². The molecule has 0 radical (unpaired) electrons. The SMILES string of the molecule is Cc1ccc2oc(-c3ccc(NC(=O)c4cccc(F)c4)cc3)nc2c1. The standard InChI is InChI=1S/C21H15FN2O2/c1-13-5-10-19-18(11-13)24-21(26-19)14-6-8-17(9-7-14)23-20(25)15-3-2-4-16(22)12-15/h2-12H,1H3,(H,23,25). The number of amides is 1. The van der Waals surface area contributed by atoms with Gasteiger partial charge in [-0.1, -0.05) is 12.1 Å². The summed E-state index contributed by atoms with van der Waals surface area (Å²) in [5, 5.41) is 2.74. The molecule has 4 rings (SSSR count). The zero-order valence-electron chi connectivity index (χ0n) is 14.0. The lowest BCUT2D eigenvalue weighted by Gasteiger charge is -2.06. The number of nitrogens with one attached hydrogen (secondary N) is 1. The van der Waals surface area contributed by atoms with Crippen LogP contribution in [-0.4, -0.2) is 10.9 Å². The molecule has 0 saturated carbocycles. The smallest absolute Gasteiger partial charge is 0.255 e. The van der Waals surface area contributed by atoms with Crippen molar-refractivity contribution in [3.8, 4) is 11.5 Å². The number of anilines is 1. The Bertz CT molecular complexity index is 1100. The van der Waals surface area contributed by atoms with Crippen molar-refractivity contribution in [2.45, 2.75) is 6.92 Å². The van der Waals surface area contributed by atoms with Crippen molar-refractivity contribution in [2.75, 3.05) is 5.32 Å². The molecule has 1 aromatic heterocycles. The predicted octanol–water partition coefficient (Wildman–Crippen LogP) is 5.19. The van der Waals surface area contributed by atoms with Crippen LogP contribution in [0.1, 0.15) is 15.9 Å². The number of fused-ring (bicyclic) bond motifs is 1. The quantitative estimate of drug-likeness (QED) is 0.555. The van der Waals surface area contributed by atoms with Crippen LogP contribution in [0, 0.1) is 12.7 Å². The van der Waals surface area contributed by atoms with Gasteiger partial charge in [0.25, 0.3) is 5.91 Å². The van der Waals surface area contributed by atoms with E-state index in [9.17, 15) is 9.18 Å². The molecule has 0 spiro atoms.